The minimum Gasteiger partial charge on any atom is -0.460 e. The van der Waals surface area contributed by atoms with Crippen LogP contribution in [-0.4, -0.2) is 24.5 Å². The van der Waals surface area contributed by atoms with Gasteiger partial charge in [0.15, 0.2) is 0 Å². The van der Waals surface area contributed by atoms with E-state index in [2.05, 4.69) is 5.32 Å². The smallest absolute Gasteiger partial charge is 0.310 e. The topological polar surface area (TPSA) is 55.4 Å². The van der Waals surface area contributed by atoms with Gasteiger partial charge in [-0.1, -0.05) is 29.8 Å². The highest BCUT2D eigenvalue weighted by atomic mass is 35.5. The van der Waals surface area contributed by atoms with Crippen molar-refractivity contribution < 1.29 is 14.3 Å². The minimum absolute atomic E-state index is 0.0828. The van der Waals surface area contributed by atoms with Gasteiger partial charge in [-0.15, -0.1) is 0 Å². The standard InChI is InChI=1S/C12H12ClNO3/c13-10-4-2-1-3-8(10)5-12(16)17-9-6-11(15)14-7-9/h1-4,9H,5-7H2,(H,14,15). The number of carbonyl (C=O) groups excluding carboxylic acids is 2. The van der Waals surface area contributed by atoms with Gasteiger partial charge in [-0.2, -0.15) is 0 Å². The van der Waals surface area contributed by atoms with Crippen LogP contribution in [0.3, 0.4) is 0 Å². The lowest BCUT2D eigenvalue weighted by Crippen LogP contribution is -2.22. The van der Waals surface area contributed by atoms with Crippen molar-refractivity contribution in [2.75, 3.05) is 6.54 Å². The number of halogens is 1. The summed E-state index contributed by atoms with van der Waals surface area (Å²) >= 11 is 5.93. The largest absolute Gasteiger partial charge is 0.460 e. The summed E-state index contributed by atoms with van der Waals surface area (Å²) in [6.07, 6.45) is 0.0241. The first-order valence-electron chi connectivity index (χ1n) is 5.35. The zero-order valence-electron chi connectivity index (χ0n) is 9.11. The van der Waals surface area contributed by atoms with Crippen LogP contribution in [0, 0.1) is 0 Å². The molecule has 1 aromatic carbocycles. The van der Waals surface area contributed by atoms with E-state index < -0.39 is 0 Å². The van der Waals surface area contributed by atoms with E-state index in [1.165, 1.54) is 0 Å². The second-order valence-electron chi connectivity index (χ2n) is 3.89. The Morgan fingerprint density at radius 1 is 1.47 bits per heavy atom. The van der Waals surface area contributed by atoms with Crippen LogP contribution in [0.5, 0.6) is 0 Å². The first-order chi connectivity index (χ1) is 8.15. The van der Waals surface area contributed by atoms with Gasteiger partial charge in [-0.05, 0) is 11.6 Å². The number of hydrogen-bond acceptors (Lipinski definition) is 3. The monoisotopic (exact) mass is 253 g/mol. The normalized spacial score (nSPS) is 18.9. The van der Waals surface area contributed by atoms with Crippen molar-refractivity contribution in [2.45, 2.75) is 18.9 Å². The van der Waals surface area contributed by atoms with Crippen LogP contribution in [0.1, 0.15) is 12.0 Å². The molecule has 0 bridgehead atoms. The molecule has 1 amide bonds. The maximum atomic E-state index is 11.6. The molecule has 1 saturated heterocycles. The summed E-state index contributed by atoms with van der Waals surface area (Å²) in [4.78, 5) is 22.5. The Labute approximate surface area is 104 Å². The fraction of sp³-hybridized carbons (Fsp3) is 0.333. The van der Waals surface area contributed by atoms with Crippen LogP contribution >= 0.6 is 11.6 Å². The van der Waals surface area contributed by atoms with Crippen molar-refractivity contribution in [3.63, 3.8) is 0 Å². The molecular formula is C12H12ClNO3. The quantitative estimate of drug-likeness (QED) is 0.827. The first-order valence-corrected chi connectivity index (χ1v) is 5.72. The Morgan fingerprint density at radius 3 is 2.88 bits per heavy atom. The molecule has 4 nitrogen and oxygen atoms in total. The molecule has 1 heterocycles. The highest BCUT2D eigenvalue weighted by Crippen LogP contribution is 2.16. The molecule has 17 heavy (non-hydrogen) atoms. The van der Waals surface area contributed by atoms with Gasteiger partial charge in [0.25, 0.3) is 0 Å². The average Bonchev–Trinajstić information content (AvgIpc) is 2.67. The molecule has 1 unspecified atom stereocenters. The molecule has 90 valence electrons. The predicted molar refractivity (Wildman–Crippen MR) is 62.7 cm³/mol. The molecule has 1 N–H and O–H groups in total. The molecular weight excluding hydrogens is 242 g/mol. The van der Waals surface area contributed by atoms with Gasteiger partial charge >= 0.3 is 5.97 Å². The predicted octanol–water partition coefficient (Wildman–Crippen LogP) is 1.31. The number of hydrogen-bond donors (Lipinski definition) is 1. The third kappa shape index (κ3) is 3.20. The van der Waals surface area contributed by atoms with E-state index >= 15 is 0 Å². The van der Waals surface area contributed by atoms with Crippen molar-refractivity contribution in [1.82, 2.24) is 5.32 Å². The van der Waals surface area contributed by atoms with Crippen molar-refractivity contribution in [2.24, 2.45) is 0 Å². The molecule has 0 saturated carbocycles. The van der Waals surface area contributed by atoms with E-state index in [4.69, 9.17) is 16.3 Å². The van der Waals surface area contributed by atoms with E-state index in [0.29, 0.717) is 11.6 Å². The van der Waals surface area contributed by atoms with Gasteiger partial charge in [-0.3, -0.25) is 9.59 Å². The van der Waals surface area contributed by atoms with E-state index in [9.17, 15) is 9.59 Å². The van der Waals surface area contributed by atoms with Crippen molar-refractivity contribution in [3.8, 4) is 0 Å². The third-order valence-corrected chi connectivity index (χ3v) is 2.90. The van der Waals surface area contributed by atoms with E-state index in [-0.39, 0.29) is 30.8 Å². The molecule has 2 rings (SSSR count). The number of carbonyl (C=O) groups is 2. The van der Waals surface area contributed by atoms with Crippen molar-refractivity contribution >= 4 is 23.5 Å². The molecule has 0 aliphatic carbocycles. The number of amides is 1. The van der Waals surface area contributed by atoms with Gasteiger partial charge in [0.05, 0.1) is 19.4 Å². The van der Waals surface area contributed by atoms with Crippen LogP contribution in [-0.2, 0) is 20.7 Å². The van der Waals surface area contributed by atoms with Crippen molar-refractivity contribution in [3.05, 3.63) is 34.9 Å². The molecule has 0 spiro atoms. The minimum atomic E-state index is -0.361. The van der Waals surface area contributed by atoms with Crippen molar-refractivity contribution in [1.29, 1.82) is 0 Å². The van der Waals surface area contributed by atoms with Crippen LogP contribution < -0.4 is 5.32 Å². The Morgan fingerprint density at radius 2 is 2.24 bits per heavy atom. The fourth-order valence-electron chi connectivity index (χ4n) is 1.69. The third-order valence-electron chi connectivity index (χ3n) is 2.53. The van der Waals surface area contributed by atoms with Gasteiger partial charge in [-0.25, -0.2) is 0 Å². The Hall–Kier alpha value is -1.55. The molecule has 1 fully saturated rings. The summed E-state index contributed by atoms with van der Waals surface area (Å²) in [6, 6.07) is 7.12. The van der Waals surface area contributed by atoms with E-state index in [1.54, 1.807) is 18.2 Å². The summed E-state index contributed by atoms with van der Waals surface area (Å²) in [7, 11) is 0. The molecule has 1 aliphatic rings. The average molecular weight is 254 g/mol. The molecule has 5 heteroatoms. The van der Waals surface area contributed by atoms with E-state index in [0.717, 1.165) is 5.56 Å². The number of rotatable bonds is 3. The fourth-order valence-corrected chi connectivity index (χ4v) is 1.89. The molecule has 1 aromatic rings. The van der Waals surface area contributed by atoms with Gasteiger partial charge in [0, 0.05) is 5.02 Å². The van der Waals surface area contributed by atoms with Crippen LogP contribution in [0.25, 0.3) is 0 Å². The highest BCUT2D eigenvalue weighted by molar-refractivity contribution is 6.31. The lowest BCUT2D eigenvalue weighted by molar-refractivity contribution is -0.147. The van der Waals surface area contributed by atoms with Gasteiger partial charge in [0.1, 0.15) is 6.10 Å². The lowest BCUT2D eigenvalue weighted by Gasteiger charge is -2.10. The molecule has 0 aromatic heterocycles. The molecule has 1 aliphatic heterocycles. The van der Waals surface area contributed by atoms with Gasteiger partial charge < -0.3 is 10.1 Å². The highest BCUT2D eigenvalue weighted by Gasteiger charge is 2.24. The number of ether oxygens (including phenoxy) is 1. The second kappa shape index (κ2) is 5.19. The summed E-state index contributed by atoms with van der Waals surface area (Å²) < 4.78 is 5.16. The first kappa shape index (κ1) is 11.9. The summed E-state index contributed by atoms with van der Waals surface area (Å²) in [5, 5.41) is 3.15. The zero-order valence-corrected chi connectivity index (χ0v) is 9.87. The van der Waals surface area contributed by atoms with Crippen LogP contribution in [0.15, 0.2) is 24.3 Å². The second-order valence-corrected chi connectivity index (χ2v) is 4.30. The van der Waals surface area contributed by atoms with Crippen LogP contribution in [0.2, 0.25) is 5.02 Å². The Bertz CT molecular complexity index is 447. The maximum Gasteiger partial charge on any atom is 0.310 e. The zero-order chi connectivity index (χ0) is 12.3. The van der Waals surface area contributed by atoms with E-state index in [1.807, 2.05) is 6.07 Å². The Kier molecular flexibility index (Phi) is 3.64. The molecule has 1 atom stereocenters. The Balaban J connectivity index is 1.89. The summed E-state index contributed by atoms with van der Waals surface area (Å²) in [6.45, 7) is 0.396. The lowest BCUT2D eigenvalue weighted by atomic mass is 10.1. The number of benzene rings is 1. The van der Waals surface area contributed by atoms with Gasteiger partial charge in [0.2, 0.25) is 5.91 Å². The van der Waals surface area contributed by atoms with Crippen LogP contribution in [0.4, 0.5) is 0 Å². The number of esters is 1. The maximum absolute atomic E-state index is 11.6. The summed E-state index contributed by atoms with van der Waals surface area (Å²) in [5.74, 6) is -0.444. The number of nitrogens with one attached hydrogen (secondary N) is 1. The molecule has 0 radical (unpaired) electrons. The summed E-state index contributed by atoms with van der Waals surface area (Å²) in [5.41, 5.74) is 0.733. The SMILES string of the molecule is O=C1CC(OC(=O)Cc2ccccc2Cl)CN1.